The Morgan fingerprint density at radius 2 is 2.41 bits per heavy atom. The number of aromatic nitrogens is 1. The Kier molecular flexibility index (Phi) is 3.81. The molecular formula is C11H11ClN2O2S. The van der Waals surface area contributed by atoms with Gasteiger partial charge in [-0.25, -0.2) is 0 Å². The predicted molar refractivity (Wildman–Crippen MR) is 66.6 cm³/mol. The number of carbonyl (C=O) groups is 1. The number of carbonyl (C=O) groups excluding carboxylic acids is 1. The summed E-state index contributed by atoms with van der Waals surface area (Å²) in [6.07, 6.45) is 0.631. The van der Waals surface area contributed by atoms with Gasteiger partial charge >= 0.3 is 0 Å². The molecule has 0 atom stereocenters. The molecule has 0 saturated heterocycles. The number of hydrogen-bond donors (Lipinski definition) is 1. The largest absolute Gasteiger partial charge is 0.361 e. The number of halogens is 1. The summed E-state index contributed by atoms with van der Waals surface area (Å²) < 4.78 is 5.65. The van der Waals surface area contributed by atoms with Crippen molar-refractivity contribution >= 4 is 28.8 Å². The molecule has 1 N–H and O–H groups in total. The average molecular weight is 271 g/mol. The van der Waals surface area contributed by atoms with Crippen LogP contribution in [0.3, 0.4) is 0 Å². The van der Waals surface area contributed by atoms with E-state index in [1.54, 1.807) is 12.1 Å². The second kappa shape index (κ2) is 5.33. The van der Waals surface area contributed by atoms with Crippen molar-refractivity contribution in [1.82, 2.24) is 10.5 Å². The van der Waals surface area contributed by atoms with Crippen molar-refractivity contribution in [2.45, 2.75) is 13.3 Å². The number of aryl methyl sites for hydroxylation is 1. The van der Waals surface area contributed by atoms with Gasteiger partial charge in [0, 0.05) is 19.0 Å². The Hall–Kier alpha value is -1.33. The lowest BCUT2D eigenvalue weighted by Gasteiger charge is -2.00. The Morgan fingerprint density at radius 1 is 1.59 bits per heavy atom. The number of nitrogens with zero attached hydrogens (tertiary/aromatic N) is 1. The minimum atomic E-state index is -0.113. The van der Waals surface area contributed by atoms with Crippen LogP contribution in [0.1, 0.15) is 21.1 Å². The van der Waals surface area contributed by atoms with Gasteiger partial charge in [0.1, 0.15) is 5.76 Å². The summed E-state index contributed by atoms with van der Waals surface area (Å²) in [5.74, 6) is 0.658. The van der Waals surface area contributed by atoms with E-state index in [2.05, 4.69) is 10.5 Å². The van der Waals surface area contributed by atoms with Gasteiger partial charge in [-0.2, -0.15) is 0 Å². The number of hydrogen-bond acceptors (Lipinski definition) is 4. The third kappa shape index (κ3) is 3.31. The van der Waals surface area contributed by atoms with Crippen molar-refractivity contribution in [1.29, 1.82) is 0 Å². The summed E-state index contributed by atoms with van der Waals surface area (Å²) >= 11 is 7.02. The van der Waals surface area contributed by atoms with Gasteiger partial charge < -0.3 is 9.84 Å². The second-order valence-corrected chi connectivity index (χ2v) is 5.26. The highest BCUT2D eigenvalue weighted by Gasteiger charge is 2.08. The highest BCUT2D eigenvalue weighted by atomic mass is 35.5. The molecule has 0 spiro atoms. The highest BCUT2D eigenvalue weighted by Crippen LogP contribution is 2.20. The maximum Gasteiger partial charge on any atom is 0.261 e. The number of nitrogens with one attached hydrogen (secondary N) is 1. The van der Waals surface area contributed by atoms with E-state index in [9.17, 15) is 4.79 Å². The zero-order valence-corrected chi connectivity index (χ0v) is 10.8. The molecule has 0 saturated carbocycles. The smallest absolute Gasteiger partial charge is 0.261 e. The zero-order valence-electron chi connectivity index (χ0n) is 9.20. The Bertz CT molecular complexity index is 521. The van der Waals surface area contributed by atoms with Crippen LogP contribution >= 0.6 is 22.9 Å². The molecule has 2 aromatic heterocycles. The molecule has 0 unspecified atom stereocenters. The van der Waals surface area contributed by atoms with Crippen LogP contribution in [0, 0.1) is 6.92 Å². The zero-order chi connectivity index (χ0) is 12.3. The highest BCUT2D eigenvalue weighted by molar-refractivity contribution is 7.17. The average Bonchev–Trinajstić information content (AvgIpc) is 2.88. The van der Waals surface area contributed by atoms with E-state index in [4.69, 9.17) is 16.1 Å². The Morgan fingerprint density at radius 3 is 3.00 bits per heavy atom. The van der Waals surface area contributed by atoms with Crippen LogP contribution in [0.2, 0.25) is 4.34 Å². The van der Waals surface area contributed by atoms with Gasteiger partial charge in [-0.1, -0.05) is 16.8 Å². The molecule has 0 radical (unpaired) electrons. The summed E-state index contributed by atoms with van der Waals surface area (Å²) in [6, 6.07) is 5.27. The topological polar surface area (TPSA) is 55.1 Å². The minimum Gasteiger partial charge on any atom is -0.361 e. The first-order chi connectivity index (χ1) is 8.15. The molecule has 1 amide bonds. The quantitative estimate of drug-likeness (QED) is 0.929. The molecule has 2 aromatic rings. The standard InChI is InChI=1S/C11H11ClN2O2S/c1-7-6-8(16-14-7)4-5-13-11(15)9-2-3-10(12)17-9/h2-3,6H,4-5H2,1H3,(H,13,15). The summed E-state index contributed by atoms with van der Waals surface area (Å²) in [7, 11) is 0. The molecule has 0 aliphatic rings. The lowest BCUT2D eigenvalue weighted by molar-refractivity contribution is 0.0957. The number of rotatable bonds is 4. The molecule has 2 heterocycles. The van der Waals surface area contributed by atoms with Crippen molar-refractivity contribution in [2.75, 3.05) is 6.54 Å². The molecule has 6 heteroatoms. The number of thiophene rings is 1. The van der Waals surface area contributed by atoms with Crippen LogP contribution in [-0.4, -0.2) is 17.6 Å². The Balaban J connectivity index is 1.81. The van der Waals surface area contributed by atoms with Crippen LogP contribution < -0.4 is 5.32 Å². The summed E-state index contributed by atoms with van der Waals surface area (Å²) in [5.41, 5.74) is 0.844. The molecule has 0 bridgehead atoms. The summed E-state index contributed by atoms with van der Waals surface area (Å²) in [6.45, 7) is 2.38. The van der Waals surface area contributed by atoms with Crippen LogP contribution in [-0.2, 0) is 6.42 Å². The van der Waals surface area contributed by atoms with Crippen LogP contribution in [0.5, 0.6) is 0 Å². The lowest BCUT2D eigenvalue weighted by Crippen LogP contribution is -2.24. The van der Waals surface area contributed by atoms with Crippen LogP contribution in [0.15, 0.2) is 22.7 Å². The number of amides is 1. The van der Waals surface area contributed by atoms with Crippen molar-refractivity contribution in [3.8, 4) is 0 Å². The van der Waals surface area contributed by atoms with Gasteiger partial charge in [0.05, 0.1) is 14.9 Å². The maximum absolute atomic E-state index is 11.6. The van der Waals surface area contributed by atoms with Crippen LogP contribution in [0.4, 0.5) is 0 Å². The summed E-state index contributed by atoms with van der Waals surface area (Å²) in [5, 5.41) is 6.57. The molecule has 0 fully saturated rings. The van der Waals surface area contributed by atoms with E-state index in [-0.39, 0.29) is 5.91 Å². The molecule has 0 aromatic carbocycles. The van der Waals surface area contributed by atoms with E-state index < -0.39 is 0 Å². The maximum atomic E-state index is 11.6. The molecule has 2 rings (SSSR count). The predicted octanol–water partition coefficient (Wildman–Crippen LogP) is 2.67. The second-order valence-electron chi connectivity index (χ2n) is 3.54. The fourth-order valence-corrected chi connectivity index (χ4v) is 2.32. The first kappa shape index (κ1) is 12.1. The van der Waals surface area contributed by atoms with E-state index >= 15 is 0 Å². The van der Waals surface area contributed by atoms with Crippen molar-refractivity contribution in [3.63, 3.8) is 0 Å². The third-order valence-electron chi connectivity index (χ3n) is 2.13. The molecule has 4 nitrogen and oxygen atoms in total. The van der Waals surface area contributed by atoms with Crippen molar-refractivity contribution < 1.29 is 9.32 Å². The normalized spacial score (nSPS) is 10.5. The van der Waals surface area contributed by atoms with E-state index in [0.717, 1.165) is 11.5 Å². The summed E-state index contributed by atoms with van der Waals surface area (Å²) in [4.78, 5) is 12.3. The molecular weight excluding hydrogens is 260 g/mol. The molecule has 0 aliphatic carbocycles. The lowest BCUT2D eigenvalue weighted by atomic mass is 10.3. The fraction of sp³-hybridized carbons (Fsp3) is 0.273. The molecule has 90 valence electrons. The van der Waals surface area contributed by atoms with Crippen molar-refractivity contribution in [2.24, 2.45) is 0 Å². The van der Waals surface area contributed by atoms with E-state index in [1.807, 2.05) is 13.0 Å². The fourth-order valence-electron chi connectivity index (χ4n) is 1.36. The minimum absolute atomic E-state index is 0.113. The van der Waals surface area contributed by atoms with Gasteiger partial charge in [-0.3, -0.25) is 4.79 Å². The van der Waals surface area contributed by atoms with Gasteiger partial charge in [0.2, 0.25) is 0 Å². The first-order valence-corrected chi connectivity index (χ1v) is 6.30. The van der Waals surface area contributed by atoms with Gasteiger partial charge in [-0.05, 0) is 19.1 Å². The van der Waals surface area contributed by atoms with Gasteiger partial charge in [0.15, 0.2) is 0 Å². The van der Waals surface area contributed by atoms with Crippen molar-refractivity contribution in [3.05, 3.63) is 38.9 Å². The molecule has 0 aliphatic heterocycles. The third-order valence-corrected chi connectivity index (χ3v) is 3.36. The SMILES string of the molecule is Cc1cc(CCNC(=O)c2ccc(Cl)s2)on1. The first-order valence-electron chi connectivity index (χ1n) is 5.11. The monoisotopic (exact) mass is 270 g/mol. The molecule has 17 heavy (non-hydrogen) atoms. The van der Waals surface area contributed by atoms with Gasteiger partial charge in [0.25, 0.3) is 5.91 Å². The van der Waals surface area contributed by atoms with E-state index in [1.165, 1.54) is 11.3 Å². The Labute approximate surface area is 108 Å². The van der Waals surface area contributed by atoms with E-state index in [0.29, 0.717) is 22.2 Å². The van der Waals surface area contributed by atoms with Crippen LogP contribution in [0.25, 0.3) is 0 Å². The van der Waals surface area contributed by atoms with Gasteiger partial charge in [-0.15, -0.1) is 11.3 Å².